The van der Waals surface area contributed by atoms with Gasteiger partial charge in [0.2, 0.25) is 5.88 Å². The number of nitrogens with two attached hydrogens (primary N) is 1. The van der Waals surface area contributed by atoms with E-state index >= 15 is 0 Å². The molecule has 2 aromatic heterocycles. The summed E-state index contributed by atoms with van der Waals surface area (Å²) >= 11 is 0. The molecule has 0 aliphatic heterocycles. The number of nitrogen functional groups attached to an aromatic ring is 1. The van der Waals surface area contributed by atoms with E-state index in [9.17, 15) is 4.79 Å². The average molecular weight is 428 g/mol. The summed E-state index contributed by atoms with van der Waals surface area (Å²) < 4.78 is 7.04. The van der Waals surface area contributed by atoms with Crippen molar-refractivity contribution in [3.8, 4) is 17.0 Å². The molecule has 0 aliphatic rings. The summed E-state index contributed by atoms with van der Waals surface area (Å²) in [5.74, 6) is 0.498. The van der Waals surface area contributed by atoms with Gasteiger partial charge >= 0.3 is 0 Å². The Bertz CT molecular complexity index is 1270. The van der Waals surface area contributed by atoms with Crippen LogP contribution in [0.1, 0.15) is 21.5 Å². The molecule has 0 unspecified atom stereocenters. The first kappa shape index (κ1) is 21.1. The summed E-state index contributed by atoms with van der Waals surface area (Å²) in [5, 5.41) is 11.7. The molecule has 0 spiro atoms. The molecule has 0 bridgehead atoms. The van der Waals surface area contributed by atoms with Gasteiger partial charge in [0.15, 0.2) is 0 Å². The monoisotopic (exact) mass is 427 g/mol. The number of rotatable bonds is 7. The van der Waals surface area contributed by atoms with Crippen molar-refractivity contribution in [2.45, 2.75) is 6.42 Å². The molecule has 0 saturated carbocycles. The van der Waals surface area contributed by atoms with Gasteiger partial charge in [-0.2, -0.15) is 0 Å². The van der Waals surface area contributed by atoms with Gasteiger partial charge in [0.1, 0.15) is 5.84 Å². The molecule has 0 atom stereocenters. The van der Waals surface area contributed by atoms with Crippen LogP contribution in [0.15, 0.2) is 67.0 Å². The molecule has 7 heteroatoms. The summed E-state index contributed by atoms with van der Waals surface area (Å²) in [4.78, 5) is 16.8. The highest BCUT2D eigenvalue weighted by atomic mass is 16.5. The Balaban J connectivity index is 1.38. The Hall–Kier alpha value is -4.13. The first-order valence-electron chi connectivity index (χ1n) is 10.3. The van der Waals surface area contributed by atoms with Gasteiger partial charge in [0.25, 0.3) is 5.91 Å². The van der Waals surface area contributed by atoms with Crippen molar-refractivity contribution in [2.24, 2.45) is 12.8 Å². The fourth-order valence-electron chi connectivity index (χ4n) is 3.72. The lowest BCUT2D eigenvalue weighted by molar-refractivity contribution is 0.0954. The molecule has 4 aromatic rings. The number of nitrogens with zero attached hydrogens (tertiary/aromatic N) is 2. The van der Waals surface area contributed by atoms with Crippen LogP contribution in [0.2, 0.25) is 0 Å². The van der Waals surface area contributed by atoms with Crippen molar-refractivity contribution in [2.75, 3.05) is 13.7 Å². The minimum atomic E-state index is -0.116. The highest BCUT2D eigenvalue weighted by molar-refractivity contribution is 6.07. The van der Waals surface area contributed by atoms with Gasteiger partial charge in [0, 0.05) is 59.6 Å². The average Bonchev–Trinajstić information content (AvgIpc) is 3.15. The molecule has 0 radical (unpaired) electrons. The normalized spacial score (nSPS) is 10.8. The van der Waals surface area contributed by atoms with Gasteiger partial charge in [-0.3, -0.25) is 10.2 Å². The lowest BCUT2D eigenvalue weighted by Crippen LogP contribution is -2.25. The fourth-order valence-corrected chi connectivity index (χ4v) is 3.72. The number of ether oxygens (including phenoxy) is 1. The van der Waals surface area contributed by atoms with Gasteiger partial charge in [-0.25, -0.2) is 4.98 Å². The molecule has 32 heavy (non-hydrogen) atoms. The Morgan fingerprint density at radius 2 is 1.88 bits per heavy atom. The van der Waals surface area contributed by atoms with Crippen LogP contribution < -0.4 is 15.8 Å². The maximum Gasteiger partial charge on any atom is 0.251 e. The lowest BCUT2D eigenvalue weighted by atomic mass is 10.0. The second-order valence-electron chi connectivity index (χ2n) is 7.59. The molecule has 0 saturated heterocycles. The summed E-state index contributed by atoms with van der Waals surface area (Å²) in [6.45, 7) is 0.511. The zero-order valence-electron chi connectivity index (χ0n) is 18.1. The van der Waals surface area contributed by atoms with E-state index in [0.717, 1.165) is 33.2 Å². The highest BCUT2D eigenvalue weighted by Crippen LogP contribution is 2.23. The molecular formula is C25H25N5O2. The third kappa shape index (κ3) is 4.32. The quantitative estimate of drug-likeness (QED) is 0.310. The van der Waals surface area contributed by atoms with Crippen LogP contribution in [0.3, 0.4) is 0 Å². The van der Waals surface area contributed by atoms with E-state index in [4.69, 9.17) is 15.9 Å². The molecule has 7 nitrogen and oxygen atoms in total. The largest absolute Gasteiger partial charge is 0.481 e. The second kappa shape index (κ2) is 8.93. The Kier molecular flexibility index (Phi) is 5.89. The van der Waals surface area contributed by atoms with Crippen molar-refractivity contribution in [3.63, 3.8) is 0 Å². The van der Waals surface area contributed by atoms with E-state index in [1.54, 1.807) is 13.3 Å². The zero-order chi connectivity index (χ0) is 22.7. The maximum atomic E-state index is 12.5. The first-order valence-corrected chi connectivity index (χ1v) is 10.3. The number of benzene rings is 2. The third-order valence-corrected chi connectivity index (χ3v) is 5.47. The molecule has 2 aromatic carbocycles. The first-order chi connectivity index (χ1) is 15.5. The minimum Gasteiger partial charge on any atom is -0.481 e. The second-order valence-corrected chi connectivity index (χ2v) is 7.59. The van der Waals surface area contributed by atoms with Crippen LogP contribution in [-0.2, 0) is 13.5 Å². The molecule has 162 valence electrons. The third-order valence-electron chi connectivity index (χ3n) is 5.47. The molecule has 4 N–H and O–H groups in total. The Labute approximate surface area is 186 Å². The number of carbonyl (C=O) groups is 1. The molecule has 2 heterocycles. The van der Waals surface area contributed by atoms with Gasteiger partial charge in [-0.15, -0.1) is 0 Å². The standard InChI is InChI=1S/C25H25N5O2/c1-30-15-21(24(26)27)20-13-16(3-9-22(20)30)11-12-28-25(31)18-6-4-17(5-7-18)19-8-10-23(32-2)29-14-19/h3-10,13-15H,11-12H2,1-2H3,(H3,26,27)(H,28,31). The van der Waals surface area contributed by atoms with Crippen molar-refractivity contribution >= 4 is 22.6 Å². The van der Waals surface area contributed by atoms with Crippen LogP contribution in [0.5, 0.6) is 5.88 Å². The predicted octanol–water partition coefficient (Wildman–Crippen LogP) is 3.51. The highest BCUT2D eigenvalue weighted by Gasteiger charge is 2.10. The molecular weight excluding hydrogens is 402 g/mol. The van der Waals surface area contributed by atoms with E-state index in [-0.39, 0.29) is 11.7 Å². The predicted molar refractivity (Wildman–Crippen MR) is 126 cm³/mol. The van der Waals surface area contributed by atoms with E-state index in [1.807, 2.05) is 72.4 Å². The van der Waals surface area contributed by atoms with E-state index < -0.39 is 0 Å². The number of amidine groups is 1. The smallest absolute Gasteiger partial charge is 0.251 e. The maximum absolute atomic E-state index is 12.5. The number of aryl methyl sites for hydroxylation is 1. The van der Waals surface area contributed by atoms with Gasteiger partial charge in [-0.05, 0) is 47.9 Å². The summed E-state index contributed by atoms with van der Waals surface area (Å²) in [5.41, 5.74) is 11.1. The van der Waals surface area contributed by atoms with Crippen molar-refractivity contribution in [3.05, 3.63) is 83.7 Å². The number of methoxy groups -OCH3 is 1. The molecule has 0 fully saturated rings. The van der Waals surface area contributed by atoms with Crippen LogP contribution in [0.25, 0.3) is 22.0 Å². The Morgan fingerprint density at radius 3 is 2.53 bits per heavy atom. The number of fused-ring (bicyclic) bond motifs is 1. The van der Waals surface area contributed by atoms with Crippen molar-refractivity contribution in [1.29, 1.82) is 5.41 Å². The zero-order valence-corrected chi connectivity index (χ0v) is 18.1. The summed E-state index contributed by atoms with van der Waals surface area (Å²) in [6.07, 6.45) is 4.29. The van der Waals surface area contributed by atoms with Crippen LogP contribution in [0.4, 0.5) is 0 Å². The number of carbonyl (C=O) groups excluding carboxylic acids is 1. The van der Waals surface area contributed by atoms with E-state index in [0.29, 0.717) is 24.4 Å². The van der Waals surface area contributed by atoms with Gasteiger partial charge < -0.3 is 20.4 Å². The van der Waals surface area contributed by atoms with Crippen molar-refractivity contribution in [1.82, 2.24) is 14.9 Å². The number of aromatic nitrogens is 2. The SMILES string of the molecule is COc1ccc(-c2ccc(C(=O)NCCc3ccc4c(c3)c(C(=N)N)cn4C)cc2)cn1. The van der Waals surface area contributed by atoms with Crippen molar-refractivity contribution < 1.29 is 9.53 Å². The summed E-state index contributed by atoms with van der Waals surface area (Å²) in [6, 6.07) is 17.3. The van der Waals surface area contributed by atoms with Gasteiger partial charge in [0.05, 0.1) is 7.11 Å². The topological polar surface area (TPSA) is 106 Å². The fraction of sp³-hybridized carbons (Fsp3) is 0.160. The van der Waals surface area contributed by atoms with E-state index in [2.05, 4.69) is 10.3 Å². The van der Waals surface area contributed by atoms with E-state index in [1.165, 1.54) is 0 Å². The van der Waals surface area contributed by atoms with Gasteiger partial charge in [-0.1, -0.05) is 18.2 Å². The van der Waals surface area contributed by atoms with Crippen LogP contribution >= 0.6 is 0 Å². The number of amides is 1. The number of hydrogen-bond donors (Lipinski definition) is 3. The number of pyridine rings is 1. The molecule has 0 aliphatic carbocycles. The minimum absolute atomic E-state index is 0.0509. The molecule has 1 amide bonds. The molecule has 4 rings (SSSR count). The lowest BCUT2D eigenvalue weighted by Gasteiger charge is -2.08. The number of nitrogens with one attached hydrogen (secondary N) is 2. The summed E-state index contributed by atoms with van der Waals surface area (Å²) in [7, 11) is 3.52. The van der Waals surface area contributed by atoms with Crippen LogP contribution in [0, 0.1) is 5.41 Å². The van der Waals surface area contributed by atoms with Crippen LogP contribution in [-0.4, -0.2) is 34.9 Å². The Morgan fingerprint density at radius 1 is 1.12 bits per heavy atom. The number of hydrogen-bond acceptors (Lipinski definition) is 4.